The molecule has 0 saturated heterocycles. The topological polar surface area (TPSA) is 56.8 Å². The number of aryl methyl sites for hydroxylation is 2. The van der Waals surface area contributed by atoms with Crippen LogP contribution in [0.25, 0.3) is 0 Å². The van der Waals surface area contributed by atoms with Crippen molar-refractivity contribution in [2.45, 2.75) is 26.8 Å². The van der Waals surface area contributed by atoms with Crippen LogP contribution in [0.15, 0.2) is 48.8 Å². The number of carbonyl (C=O) groups is 1. The Labute approximate surface area is 145 Å². The molecule has 0 unspecified atom stereocenters. The Morgan fingerprint density at radius 3 is 2.71 bits per heavy atom. The molecule has 0 radical (unpaired) electrons. The smallest absolute Gasteiger partial charge is 0.246 e. The fourth-order valence-corrected chi connectivity index (χ4v) is 2.87. The van der Waals surface area contributed by atoms with E-state index in [-0.39, 0.29) is 12.5 Å². The Morgan fingerprint density at radius 2 is 2.00 bits per heavy atom. The Kier molecular flexibility index (Phi) is 4.61. The third kappa shape index (κ3) is 3.30. The molecule has 2 aromatic heterocycles. The van der Waals surface area contributed by atoms with Crippen molar-refractivity contribution >= 4 is 23.8 Å². The summed E-state index contributed by atoms with van der Waals surface area (Å²) in [6, 6.07) is 11.6. The van der Waals surface area contributed by atoms with Gasteiger partial charge in [-0.05, 0) is 55.4 Å². The summed E-state index contributed by atoms with van der Waals surface area (Å²) in [6.07, 6.45) is 4.69. The Bertz CT molecular complexity index is 907. The third-order valence-electron chi connectivity index (χ3n) is 3.71. The highest BCUT2D eigenvalue weighted by Crippen LogP contribution is 2.11. The predicted octanol–water partition coefficient (Wildman–Crippen LogP) is 3.04. The number of aromatic nitrogens is 4. The summed E-state index contributed by atoms with van der Waals surface area (Å²) in [7, 11) is 0. The summed E-state index contributed by atoms with van der Waals surface area (Å²) in [5, 5.41) is 7.27. The second-order valence-electron chi connectivity index (χ2n) is 5.46. The molecular weight excluding hydrogens is 322 g/mol. The van der Waals surface area contributed by atoms with Crippen LogP contribution >= 0.6 is 12.2 Å². The molecule has 7 heteroatoms. The van der Waals surface area contributed by atoms with E-state index in [0.717, 1.165) is 17.9 Å². The summed E-state index contributed by atoms with van der Waals surface area (Å²) in [4.78, 5) is 12.3. The number of nitrogens with zero attached hydrogens (tertiary/aromatic N) is 4. The first-order valence-corrected chi connectivity index (χ1v) is 8.18. The Balaban J connectivity index is 1.78. The summed E-state index contributed by atoms with van der Waals surface area (Å²) < 4.78 is 5.62. The standard InChI is InChI=1S/C17H19N5OS/c1-3-14-7-6-8-15(11-14)18-16(23)12-21-17(24)22(13(2)19-21)20-9-4-5-10-20/h4-11H,3,12H2,1-2H3,(H,18,23). The van der Waals surface area contributed by atoms with Crippen LogP contribution in [-0.4, -0.2) is 25.0 Å². The number of hydrogen-bond donors (Lipinski definition) is 1. The van der Waals surface area contributed by atoms with Gasteiger partial charge in [-0.3, -0.25) is 9.47 Å². The molecule has 3 aromatic rings. The SMILES string of the molecule is CCc1cccc(NC(=O)Cn2nc(C)n(-n3cccc3)c2=S)c1. The maximum atomic E-state index is 12.3. The van der Waals surface area contributed by atoms with E-state index in [1.54, 1.807) is 4.68 Å². The second kappa shape index (κ2) is 6.84. The van der Waals surface area contributed by atoms with Gasteiger partial charge in [0.2, 0.25) is 10.7 Å². The lowest BCUT2D eigenvalue weighted by Crippen LogP contribution is -2.20. The van der Waals surface area contributed by atoms with Crippen LogP contribution in [0.3, 0.4) is 0 Å². The minimum atomic E-state index is -0.156. The van der Waals surface area contributed by atoms with E-state index in [1.807, 2.05) is 60.4 Å². The van der Waals surface area contributed by atoms with Crippen molar-refractivity contribution < 1.29 is 4.79 Å². The molecule has 124 valence electrons. The first kappa shape index (κ1) is 16.2. The molecular formula is C17H19N5OS. The van der Waals surface area contributed by atoms with Gasteiger partial charge in [0.05, 0.1) is 0 Å². The third-order valence-corrected chi connectivity index (χ3v) is 4.09. The minimum Gasteiger partial charge on any atom is -0.324 e. The number of anilines is 1. The number of nitrogens with one attached hydrogen (secondary N) is 1. The van der Waals surface area contributed by atoms with Crippen molar-refractivity contribution in [3.63, 3.8) is 0 Å². The van der Waals surface area contributed by atoms with Crippen LogP contribution in [-0.2, 0) is 17.8 Å². The fourth-order valence-electron chi connectivity index (χ4n) is 2.54. The maximum Gasteiger partial charge on any atom is 0.246 e. The number of amides is 1. The van der Waals surface area contributed by atoms with Gasteiger partial charge in [0.15, 0.2) is 0 Å². The first-order chi connectivity index (χ1) is 11.6. The maximum absolute atomic E-state index is 12.3. The van der Waals surface area contributed by atoms with Crippen LogP contribution in [0, 0.1) is 11.7 Å². The molecule has 6 nitrogen and oxygen atoms in total. The Morgan fingerprint density at radius 1 is 1.25 bits per heavy atom. The van der Waals surface area contributed by atoms with Gasteiger partial charge in [-0.2, -0.15) is 5.10 Å². The molecule has 1 amide bonds. The van der Waals surface area contributed by atoms with Crippen molar-refractivity contribution in [3.8, 4) is 0 Å². The van der Waals surface area contributed by atoms with Crippen molar-refractivity contribution in [1.29, 1.82) is 0 Å². The molecule has 2 heterocycles. The van der Waals surface area contributed by atoms with Crippen LogP contribution in [0.2, 0.25) is 0 Å². The lowest BCUT2D eigenvalue weighted by atomic mass is 10.1. The first-order valence-electron chi connectivity index (χ1n) is 7.77. The second-order valence-corrected chi connectivity index (χ2v) is 5.83. The van der Waals surface area contributed by atoms with E-state index in [9.17, 15) is 4.79 Å². The number of rotatable bonds is 5. The zero-order valence-electron chi connectivity index (χ0n) is 13.6. The summed E-state index contributed by atoms with van der Waals surface area (Å²) >= 11 is 5.45. The molecule has 24 heavy (non-hydrogen) atoms. The van der Waals surface area contributed by atoms with Crippen molar-refractivity contribution in [3.05, 3.63) is 65.0 Å². The van der Waals surface area contributed by atoms with Gasteiger partial charge in [0.1, 0.15) is 12.4 Å². The zero-order valence-corrected chi connectivity index (χ0v) is 14.5. The zero-order chi connectivity index (χ0) is 17.1. The molecule has 0 bridgehead atoms. The molecule has 0 aliphatic carbocycles. The highest BCUT2D eigenvalue weighted by Gasteiger charge is 2.11. The average Bonchev–Trinajstić information content (AvgIpc) is 3.16. The highest BCUT2D eigenvalue weighted by molar-refractivity contribution is 7.71. The molecule has 3 rings (SSSR count). The predicted molar refractivity (Wildman–Crippen MR) is 95.5 cm³/mol. The summed E-state index contributed by atoms with van der Waals surface area (Å²) in [5.74, 6) is 0.563. The van der Waals surface area contributed by atoms with Crippen LogP contribution in [0.4, 0.5) is 5.69 Å². The van der Waals surface area contributed by atoms with Gasteiger partial charge in [0, 0.05) is 18.1 Å². The monoisotopic (exact) mass is 341 g/mol. The van der Waals surface area contributed by atoms with Gasteiger partial charge in [0.25, 0.3) is 0 Å². The highest BCUT2D eigenvalue weighted by atomic mass is 32.1. The van der Waals surface area contributed by atoms with Crippen LogP contribution < -0.4 is 5.32 Å². The average molecular weight is 341 g/mol. The van der Waals surface area contributed by atoms with Gasteiger partial charge in [-0.15, -0.1) is 0 Å². The summed E-state index contributed by atoms with van der Waals surface area (Å²) in [5.41, 5.74) is 1.96. The van der Waals surface area contributed by atoms with E-state index >= 15 is 0 Å². The molecule has 0 aliphatic rings. The minimum absolute atomic E-state index is 0.0737. The Hall–Kier alpha value is -2.67. The molecule has 0 atom stereocenters. The van der Waals surface area contributed by atoms with E-state index in [1.165, 1.54) is 10.2 Å². The normalized spacial score (nSPS) is 10.8. The molecule has 0 fully saturated rings. The molecule has 0 saturated carbocycles. The van der Waals surface area contributed by atoms with Gasteiger partial charge < -0.3 is 5.32 Å². The number of carbonyl (C=O) groups excluding carboxylic acids is 1. The van der Waals surface area contributed by atoms with E-state index in [2.05, 4.69) is 17.3 Å². The lowest BCUT2D eigenvalue weighted by Gasteiger charge is -2.07. The fraction of sp³-hybridized carbons (Fsp3) is 0.235. The van der Waals surface area contributed by atoms with E-state index in [4.69, 9.17) is 12.2 Å². The van der Waals surface area contributed by atoms with Gasteiger partial charge in [-0.1, -0.05) is 19.1 Å². The summed E-state index contributed by atoms with van der Waals surface area (Å²) in [6.45, 7) is 4.01. The van der Waals surface area contributed by atoms with Crippen LogP contribution in [0.5, 0.6) is 0 Å². The van der Waals surface area contributed by atoms with E-state index in [0.29, 0.717) is 4.77 Å². The molecule has 0 aliphatic heterocycles. The van der Waals surface area contributed by atoms with Crippen molar-refractivity contribution in [1.82, 2.24) is 19.1 Å². The largest absolute Gasteiger partial charge is 0.324 e. The number of benzene rings is 1. The van der Waals surface area contributed by atoms with Gasteiger partial charge in [-0.25, -0.2) is 9.36 Å². The quantitative estimate of drug-likeness (QED) is 0.726. The van der Waals surface area contributed by atoms with Crippen molar-refractivity contribution in [2.75, 3.05) is 5.32 Å². The molecule has 0 spiro atoms. The van der Waals surface area contributed by atoms with Crippen molar-refractivity contribution in [2.24, 2.45) is 0 Å². The van der Waals surface area contributed by atoms with Crippen LogP contribution in [0.1, 0.15) is 18.3 Å². The lowest BCUT2D eigenvalue weighted by molar-refractivity contribution is -0.116. The number of hydrogen-bond acceptors (Lipinski definition) is 3. The molecule has 1 N–H and O–H groups in total. The van der Waals surface area contributed by atoms with E-state index < -0.39 is 0 Å². The van der Waals surface area contributed by atoms with Gasteiger partial charge >= 0.3 is 0 Å². The molecule has 1 aromatic carbocycles.